The Morgan fingerprint density at radius 3 is 2.09 bits per heavy atom. The number of imide groups is 1. The van der Waals surface area contributed by atoms with Crippen LogP contribution in [0.3, 0.4) is 0 Å². The molecule has 2 saturated heterocycles. The van der Waals surface area contributed by atoms with Gasteiger partial charge in [0.2, 0.25) is 11.8 Å². The van der Waals surface area contributed by atoms with E-state index in [2.05, 4.69) is 0 Å². The third kappa shape index (κ3) is 4.19. The van der Waals surface area contributed by atoms with Crippen LogP contribution in [0.25, 0.3) is 16.8 Å². The van der Waals surface area contributed by atoms with E-state index in [0.29, 0.717) is 16.8 Å². The number of carbonyl (C=O) groups is 4. The number of benzene rings is 5. The number of nitrogens with zero attached hydrogens (tertiary/aromatic N) is 2. The molecule has 7 heteroatoms. The minimum Gasteiger partial charge on any atom is -0.425 e. The van der Waals surface area contributed by atoms with Crippen LogP contribution < -0.4 is 14.5 Å². The molecule has 3 heterocycles. The van der Waals surface area contributed by atoms with E-state index < -0.39 is 35.8 Å². The summed E-state index contributed by atoms with van der Waals surface area (Å²) < 4.78 is 5.91. The zero-order valence-corrected chi connectivity index (χ0v) is 23.9. The van der Waals surface area contributed by atoms with Crippen molar-refractivity contribution in [2.24, 2.45) is 11.8 Å². The number of ether oxygens (including phenoxy) is 1. The Morgan fingerprint density at radius 1 is 0.622 bits per heavy atom. The molecular weight excluding hydrogens is 564 g/mol. The van der Waals surface area contributed by atoms with E-state index in [4.69, 9.17) is 4.74 Å². The van der Waals surface area contributed by atoms with Gasteiger partial charge in [-0.05, 0) is 47.3 Å². The van der Waals surface area contributed by atoms with Gasteiger partial charge in [0.05, 0.1) is 23.6 Å². The lowest BCUT2D eigenvalue weighted by molar-refractivity contribution is -0.139. The first-order valence-electron chi connectivity index (χ1n) is 14.8. The summed E-state index contributed by atoms with van der Waals surface area (Å²) in [6, 6.07) is 34.5. The van der Waals surface area contributed by atoms with Crippen molar-refractivity contribution in [2.75, 3.05) is 9.80 Å². The van der Waals surface area contributed by atoms with E-state index in [1.807, 2.05) is 83.8 Å². The minimum atomic E-state index is -1.05. The number of carbonyl (C=O) groups excluding carboxylic acids is 4. The summed E-state index contributed by atoms with van der Waals surface area (Å²) in [6.45, 7) is 0. The highest BCUT2D eigenvalue weighted by Crippen LogP contribution is 2.50. The second-order valence-corrected chi connectivity index (χ2v) is 11.5. The maximum absolute atomic E-state index is 14.3. The second kappa shape index (κ2) is 10.4. The first-order chi connectivity index (χ1) is 22.0. The lowest BCUT2D eigenvalue weighted by atomic mass is 9.89. The predicted octanol–water partition coefficient (Wildman–Crippen LogP) is 6.07. The van der Waals surface area contributed by atoms with Gasteiger partial charge in [-0.2, -0.15) is 0 Å². The van der Waals surface area contributed by atoms with E-state index in [0.717, 1.165) is 22.0 Å². The van der Waals surface area contributed by atoms with Crippen molar-refractivity contribution < 1.29 is 23.9 Å². The Labute approximate surface area is 259 Å². The molecule has 218 valence electrons. The van der Waals surface area contributed by atoms with Crippen molar-refractivity contribution in [1.82, 2.24) is 0 Å². The van der Waals surface area contributed by atoms with Gasteiger partial charge in [0.1, 0.15) is 11.8 Å². The second-order valence-electron chi connectivity index (χ2n) is 11.5. The average molecular weight is 591 g/mol. The number of ketones is 1. The summed E-state index contributed by atoms with van der Waals surface area (Å²) in [5.74, 6) is -3.02. The van der Waals surface area contributed by atoms with Gasteiger partial charge < -0.3 is 9.64 Å². The Hall–Kier alpha value is -5.82. The average Bonchev–Trinajstić information content (AvgIpc) is 3.57. The van der Waals surface area contributed by atoms with Gasteiger partial charge in [-0.25, -0.2) is 9.69 Å². The molecule has 2 fully saturated rings. The topological polar surface area (TPSA) is 84.0 Å². The number of amides is 2. The van der Waals surface area contributed by atoms with E-state index in [1.165, 1.54) is 4.90 Å². The molecule has 2 amide bonds. The maximum atomic E-state index is 14.3. The maximum Gasteiger partial charge on any atom is 0.335 e. The fourth-order valence-corrected chi connectivity index (χ4v) is 7.03. The summed E-state index contributed by atoms with van der Waals surface area (Å²) in [7, 11) is 0. The Balaban J connectivity index is 1.15. The molecule has 0 bridgehead atoms. The van der Waals surface area contributed by atoms with Crippen LogP contribution in [-0.2, 0) is 14.4 Å². The Bertz CT molecular complexity index is 2050. The highest BCUT2D eigenvalue weighted by molar-refractivity contribution is 6.27. The SMILES string of the molecule is O=C(c1ccccc1)c1ccc(OC(=O)C2C3C(=O)N(c4cccc5ccccc45)C(=O)C3C3C=Cc4ccccc4N32)cc1. The quantitative estimate of drug-likeness (QED) is 0.107. The molecule has 0 saturated carbocycles. The van der Waals surface area contributed by atoms with Crippen molar-refractivity contribution in [3.05, 3.63) is 144 Å². The molecule has 4 unspecified atom stereocenters. The molecular formula is C38H26N2O5. The van der Waals surface area contributed by atoms with Crippen LogP contribution in [0.1, 0.15) is 21.5 Å². The third-order valence-corrected chi connectivity index (χ3v) is 9.03. The van der Waals surface area contributed by atoms with Gasteiger partial charge in [0, 0.05) is 22.2 Å². The van der Waals surface area contributed by atoms with Crippen molar-refractivity contribution in [2.45, 2.75) is 12.1 Å². The molecule has 5 aromatic carbocycles. The summed E-state index contributed by atoms with van der Waals surface area (Å²) in [4.78, 5) is 58.7. The normalized spacial score (nSPS) is 21.4. The number of anilines is 2. The van der Waals surface area contributed by atoms with E-state index in [-0.39, 0.29) is 17.4 Å². The number of hydrogen-bond donors (Lipinski definition) is 0. The summed E-state index contributed by atoms with van der Waals surface area (Å²) >= 11 is 0. The van der Waals surface area contributed by atoms with Crippen LogP contribution in [-0.4, -0.2) is 35.7 Å². The molecule has 0 N–H and O–H groups in total. The fraction of sp³-hybridized carbons (Fsp3) is 0.105. The minimum absolute atomic E-state index is 0.143. The molecule has 0 radical (unpaired) electrons. The lowest BCUT2D eigenvalue weighted by Gasteiger charge is -2.36. The molecule has 4 atom stereocenters. The predicted molar refractivity (Wildman–Crippen MR) is 171 cm³/mol. The van der Waals surface area contributed by atoms with Gasteiger partial charge in [0.25, 0.3) is 0 Å². The summed E-state index contributed by atoms with van der Waals surface area (Å²) in [6.07, 6.45) is 3.86. The first kappa shape index (κ1) is 26.8. The largest absolute Gasteiger partial charge is 0.425 e. The summed E-state index contributed by atoms with van der Waals surface area (Å²) in [5.41, 5.74) is 3.18. The standard InChI is InChI=1S/C38H26N2O5/c41-35(25-11-2-1-3-12-25)26-17-20-27(21-18-26)45-38(44)34-33-32(31-22-19-24-10-5-7-15-29(24)39(31)34)36(42)40(37(33)43)30-16-8-13-23-9-4-6-14-28(23)30/h1-22,31-34H. The highest BCUT2D eigenvalue weighted by Gasteiger charge is 2.65. The number of rotatable bonds is 5. The van der Waals surface area contributed by atoms with Crippen LogP contribution >= 0.6 is 0 Å². The molecule has 3 aliphatic heterocycles. The molecule has 7 nitrogen and oxygen atoms in total. The van der Waals surface area contributed by atoms with Crippen molar-refractivity contribution >= 4 is 51.8 Å². The van der Waals surface area contributed by atoms with Gasteiger partial charge >= 0.3 is 5.97 Å². The van der Waals surface area contributed by atoms with Gasteiger partial charge in [0.15, 0.2) is 5.78 Å². The van der Waals surface area contributed by atoms with E-state index in [1.54, 1.807) is 54.6 Å². The Morgan fingerprint density at radius 2 is 1.27 bits per heavy atom. The molecule has 5 aromatic rings. The zero-order chi connectivity index (χ0) is 30.7. The number of fused-ring (bicyclic) bond motifs is 6. The van der Waals surface area contributed by atoms with Gasteiger partial charge in [-0.1, -0.05) is 97.1 Å². The fourth-order valence-electron chi connectivity index (χ4n) is 7.03. The van der Waals surface area contributed by atoms with Crippen LogP contribution in [0.15, 0.2) is 127 Å². The van der Waals surface area contributed by atoms with E-state index >= 15 is 0 Å². The number of para-hydroxylation sites is 1. The number of esters is 1. The first-order valence-corrected chi connectivity index (χ1v) is 14.8. The van der Waals surface area contributed by atoms with E-state index in [9.17, 15) is 19.2 Å². The van der Waals surface area contributed by atoms with Crippen molar-refractivity contribution in [1.29, 1.82) is 0 Å². The highest BCUT2D eigenvalue weighted by atomic mass is 16.5. The van der Waals surface area contributed by atoms with Crippen LogP contribution in [0, 0.1) is 11.8 Å². The molecule has 8 rings (SSSR count). The van der Waals surface area contributed by atoms with Crippen molar-refractivity contribution in [3.8, 4) is 5.75 Å². The van der Waals surface area contributed by atoms with Crippen molar-refractivity contribution in [3.63, 3.8) is 0 Å². The van der Waals surface area contributed by atoms with Gasteiger partial charge in [-0.3, -0.25) is 14.4 Å². The monoisotopic (exact) mass is 590 g/mol. The molecule has 0 aliphatic carbocycles. The molecule has 45 heavy (non-hydrogen) atoms. The van der Waals surface area contributed by atoms with Crippen LogP contribution in [0.5, 0.6) is 5.75 Å². The summed E-state index contributed by atoms with van der Waals surface area (Å²) in [5, 5.41) is 1.69. The molecule has 0 aromatic heterocycles. The molecule has 3 aliphatic rings. The Kier molecular flexibility index (Phi) is 6.20. The third-order valence-electron chi connectivity index (χ3n) is 9.03. The van der Waals surface area contributed by atoms with Crippen LogP contribution in [0.4, 0.5) is 11.4 Å². The lowest BCUT2D eigenvalue weighted by Crippen LogP contribution is -2.50. The smallest absolute Gasteiger partial charge is 0.335 e. The number of hydrogen-bond acceptors (Lipinski definition) is 6. The molecule has 0 spiro atoms. The van der Waals surface area contributed by atoms with Gasteiger partial charge in [-0.15, -0.1) is 0 Å². The zero-order valence-electron chi connectivity index (χ0n) is 23.9. The van der Waals surface area contributed by atoms with Crippen LogP contribution in [0.2, 0.25) is 0 Å².